The van der Waals surface area contributed by atoms with E-state index in [4.69, 9.17) is 15.0 Å². The van der Waals surface area contributed by atoms with E-state index < -0.39 is 21.8 Å². The Morgan fingerprint density at radius 1 is 1.29 bits per heavy atom. The number of rotatable bonds is 3. The van der Waals surface area contributed by atoms with Crippen molar-refractivity contribution in [1.29, 1.82) is 0 Å². The number of carbonyl (C=O) groups is 1. The Balaban J connectivity index is 0.000000384. The average molecular weight is 317 g/mol. The summed E-state index contributed by atoms with van der Waals surface area (Å²) in [6.07, 6.45) is 0. The molecule has 1 rings (SSSR count). The van der Waals surface area contributed by atoms with E-state index >= 15 is 0 Å². The summed E-state index contributed by atoms with van der Waals surface area (Å²) in [4.78, 5) is 10.8. The molecule has 0 aromatic heterocycles. The van der Waals surface area contributed by atoms with Gasteiger partial charge in [-0.15, -0.1) is 0 Å². The van der Waals surface area contributed by atoms with Crippen molar-refractivity contribution in [3.8, 4) is 0 Å². The molecule has 0 spiro atoms. The zero-order valence-electron chi connectivity index (χ0n) is 12.7. The molecule has 0 heterocycles. The Kier molecular flexibility index (Phi) is 7.56. The highest BCUT2D eigenvalue weighted by atomic mass is 32.2. The highest BCUT2D eigenvalue weighted by molar-refractivity contribution is 7.85. The summed E-state index contributed by atoms with van der Waals surface area (Å²) < 4.78 is 34.1. The lowest BCUT2D eigenvalue weighted by atomic mass is 10.2. The number of nitrogens with two attached hydrogens (primary N) is 1. The van der Waals surface area contributed by atoms with E-state index in [1.165, 1.54) is 0 Å². The number of hydrogen-bond donors (Lipinski definition) is 2. The summed E-state index contributed by atoms with van der Waals surface area (Å²) >= 11 is 0. The molecule has 1 atom stereocenters. The maximum absolute atomic E-state index is 10.8. The van der Waals surface area contributed by atoms with Gasteiger partial charge >= 0.3 is 5.97 Å². The lowest BCUT2D eigenvalue weighted by molar-refractivity contribution is -0.155. The molecule has 0 saturated carbocycles. The molecular weight excluding hydrogens is 294 g/mol. The first-order valence-electron chi connectivity index (χ1n) is 6.38. The van der Waals surface area contributed by atoms with Crippen LogP contribution in [0.2, 0.25) is 0 Å². The summed E-state index contributed by atoms with van der Waals surface area (Å²) in [5.41, 5.74) is 5.44. The van der Waals surface area contributed by atoms with Crippen LogP contribution in [0.15, 0.2) is 30.3 Å². The van der Waals surface area contributed by atoms with E-state index in [9.17, 15) is 13.2 Å². The Hall–Kier alpha value is -1.44. The van der Waals surface area contributed by atoms with Crippen LogP contribution >= 0.6 is 0 Å². The predicted octanol–water partition coefficient (Wildman–Crippen LogP) is 1.75. The predicted molar refractivity (Wildman–Crippen MR) is 81.2 cm³/mol. The Labute approximate surface area is 126 Å². The van der Waals surface area contributed by atoms with Gasteiger partial charge in [-0.05, 0) is 33.3 Å². The topological polar surface area (TPSA) is 107 Å². The molecule has 0 aliphatic rings. The van der Waals surface area contributed by atoms with Crippen LogP contribution in [0.25, 0.3) is 0 Å². The number of benzene rings is 1. The molecule has 1 aromatic rings. The lowest BCUT2D eigenvalue weighted by Gasteiger charge is -2.20. The van der Waals surface area contributed by atoms with Gasteiger partial charge in [0.2, 0.25) is 0 Å². The smallest absolute Gasteiger partial charge is 0.323 e. The van der Waals surface area contributed by atoms with Crippen molar-refractivity contribution in [2.45, 2.75) is 45.1 Å². The van der Waals surface area contributed by atoms with Gasteiger partial charge in [0.1, 0.15) is 17.4 Å². The molecule has 1 aromatic carbocycles. The Morgan fingerprint density at radius 2 is 1.76 bits per heavy atom. The van der Waals surface area contributed by atoms with Crippen LogP contribution in [0.3, 0.4) is 0 Å². The van der Waals surface area contributed by atoms with Crippen molar-refractivity contribution in [1.82, 2.24) is 0 Å². The summed E-state index contributed by atoms with van der Waals surface area (Å²) in [5, 5.41) is 0. The van der Waals surface area contributed by atoms with Crippen molar-refractivity contribution in [3.05, 3.63) is 35.9 Å². The first-order chi connectivity index (χ1) is 9.41. The number of ether oxygens (including phenoxy) is 1. The van der Waals surface area contributed by atoms with Crippen LogP contribution in [-0.2, 0) is 25.4 Å². The van der Waals surface area contributed by atoms with E-state index in [1.54, 1.807) is 37.3 Å². The van der Waals surface area contributed by atoms with E-state index in [0.717, 1.165) is 0 Å². The molecule has 7 heteroatoms. The average Bonchev–Trinajstić information content (AvgIpc) is 2.26. The largest absolute Gasteiger partial charge is 0.459 e. The van der Waals surface area contributed by atoms with Gasteiger partial charge in [-0.3, -0.25) is 9.35 Å². The van der Waals surface area contributed by atoms with E-state index in [1.807, 2.05) is 20.8 Å². The fraction of sp³-hybridized carbons (Fsp3) is 0.500. The lowest BCUT2D eigenvalue weighted by Crippen LogP contribution is -2.35. The van der Waals surface area contributed by atoms with Gasteiger partial charge in [-0.2, -0.15) is 8.42 Å². The van der Waals surface area contributed by atoms with Gasteiger partial charge in [0, 0.05) is 0 Å². The third-order valence-electron chi connectivity index (χ3n) is 1.97. The number of esters is 1. The fourth-order valence-corrected chi connectivity index (χ4v) is 1.79. The number of hydrogen-bond acceptors (Lipinski definition) is 5. The second-order valence-corrected chi connectivity index (χ2v) is 6.99. The Bertz CT molecular complexity index is 532. The van der Waals surface area contributed by atoms with E-state index in [-0.39, 0.29) is 11.7 Å². The third-order valence-corrected chi connectivity index (χ3v) is 2.67. The van der Waals surface area contributed by atoms with Crippen molar-refractivity contribution >= 4 is 16.1 Å². The highest BCUT2D eigenvalue weighted by Gasteiger charge is 2.18. The standard InChI is InChI=1S/C7H15NO2.C7H8O3S/c1-5(8)6(9)10-7(2,3)4;8-11(9,10)6-7-4-2-1-3-5-7/h5H,8H2,1-4H3;1-5H,6H2,(H,8,9,10)/t5-;/m0./s1. The SMILES string of the molecule is C[C@H](N)C(=O)OC(C)(C)C.O=S(=O)(O)Cc1ccccc1. The first-order valence-corrected chi connectivity index (χ1v) is 7.99. The van der Waals surface area contributed by atoms with Crippen molar-refractivity contribution in [2.24, 2.45) is 5.73 Å². The minimum absolute atomic E-state index is 0.312. The van der Waals surface area contributed by atoms with E-state index in [2.05, 4.69) is 0 Å². The number of carbonyl (C=O) groups excluding carboxylic acids is 1. The van der Waals surface area contributed by atoms with Crippen LogP contribution in [0.5, 0.6) is 0 Å². The molecule has 21 heavy (non-hydrogen) atoms. The normalized spacial score (nSPS) is 12.9. The molecule has 0 unspecified atom stereocenters. The molecule has 6 nitrogen and oxygen atoms in total. The quantitative estimate of drug-likeness (QED) is 0.649. The summed E-state index contributed by atoms with van der Waals surface area (Å²) in [5.74, 6) is -0.666. The van der Waals surface area contributed by atoms with Crippen LogP contribution in [0.1, 0.15) is 33.3 Å². The van der Waals surface area contributed by atoms with Crippen LogP contribution in [-0.4, -0.2) is 30.6 Å². The minimum Gasteiger partial charge on any atom is -0.459 e. The molecule has 0 aliphatic heterocycles. The zero-order chi connectivity index (χ0) is 16.7. The van der Waals surface area contributed by atoms with Crippen LogP contribution in [0.4, 0.5) is 0 Å². The molecule has 0 saturated heterocycles. The fourth-order valence-electron chi connectivity index (χ4n) is 1.18. The summed E-state index contributed by atoms with van der Waals surface area (Å²) in [7, 11) is -3.88. The van der Waals surface area contributed by atoms with Gasteiger partial charge < -0.3 is 10.5 Å². The first kappa shape index (κ1) is 19.6. The second-order valence-electron chi connectivity index (χ2n) is 5.53. The molecule has 0 bridgehead atoms. The molecule has 120 valence electrons. The highest BCUT2D eigenvalue weighted by Crippen LogP contribution is 2.07. The van der Waals surface area contributed by atoms with Crippen LogP contribution in [0, 0.1) is 0 Å². The monoisotopic (exact) mass is 317 g/mol. The van der Waals surface area contributed by atoms with Crippen molar-refractivity contribution in [3.63, 3.8) is 0 Å². The van der Waals surface area contributed by atoms with Crippen molar-refractivity contribution < 1.29 is 22.5 Å². The zero-order valence-corrected chi connectivity index (χ0v) is 13.6. The summed E-state index contributed by atoms with van der Waals surface area (Å²) in [6.45, 7) is 7.04. The molecule has 0 radical (unpaired) electrons. The molecule has 0 amide bonds. The maximum atomic E-state index is 10.8. The van der Waals surface area contributed by atoms with E-state index in [0.29, 0.717) is 5.56 Å². The Morgan fingerprint density at radius 3 is 2.05 bits per heavy atom. The summed E-state index contributed by atoms with van der Waals surface area (Å²) in [6, 6.07) is 8.00. The van der Waals surface area contributed by atoms with Crippen LogP contribution < -0.4 is 5.73 Å². The van der Waals surface area contributed by atoms with Gasteiger partial charge in [0.25, 0.3) is 10.1 Å². The van der Waals surface area contributed by atoms with Gasteiger partial charge in [0.05, 0.1) is 0 Å². The molecule has 0 fully saturated rings. The third kappa shape index (κ3) is 12.0. The molecule has 0 aliphatic carbocycles. The molecular formula is C14H23NO5S. The van der Waals surface area contributed by atoms with Crippen molar-refractivity contribution in [2.75, 3.05) is 0 Å². The van der Waals surface area contributed by atoms with Gasteiger partial charge in [-0.25, -0.2) is 0 Å². The second kappa shape index (κ2) is 8.11. The molecule has 3 N–H and O–H groups in total. The minimum atomic E-state index is -3.88. The maximum Gasteiger partial charge on any atom is 0.323 e. The van der Waals surface area contributed by atoms with Gasteiger partial charge in [-0.1, -0.05) is 30.3 Å². The van der Waals surface area contributed by atoms with Gasteiger partial charge in [0.15, 0.2) is 0 Å².